The standard InChI is InChI=1S/C20H32O6/c1-18(2)6-5-14(23)19(9-22)12-4-3-10-11(8-21)17(26)20(12,16(10)25)15(24)7-13(18)19/h10-16,21-25H,3-9H2,1-2H3/t10-,11-,12-,13+,14-,15+,16?,19-,20+/m0/s1. The lowest BCUT2D eigenvalue weighted by Gasteiger charge is -2.67. The van der Waals surface area contributed by atoms with Gasteiger partial charge in [0.1, 0.15) is 5.78 Å². The van der Waals surface area contributed by atoms with Crippen LogP contribution in [0.4, 0.5) is 0 Å². The minimum Gasteiger partial charge on any atom is -0.396 e. The van der Waals surface area contributed by atoms with Gasteiger partial charge in [0.25, 0.3) is 0 Å². The Morgan fingerprint density at radius 1 is 1.00 bits per heavy atom. The van der Waals surface area contributed by atoms with Crippen molar-refractivity contribution in [2.75, 3.05) is 13.2 Å². The molecule has 4 aliphatic carbocycles. The van der Waals surface area contributed by atoms with E-state index in [1.165, 1.54) is 0 Å². The molecule has 26 heavy (non-hydrogen) atoms. The third-order valence-electron chi connectivity index (χ3n) is 8.94. The molecule has 0 aromatic carbocycles. The molecule has 4 rings (SSSR count). The highest BCUT2D eigenvalue weighted by Crippen LogP contribution is 2.71. The van der Waals surface area contributed by atoms with E-state index in [1.807, 2.05) is 0 Å². The van der Waals surface area contributed by atoms with E-state index in [1.54, 1.807) is 0 Å². The summed E-state index contributed by atoms with van der Waals surface area (Å²) >= 11 is 0. The first-order valence-corrected chi connectivity index (χ1v) is 9.99. The van der Waals surface area contributed by atoms with Crippen LogP contribution in [0.3, 0.4) is 0 Å². The summed E-state index contributed by atoms with van der Waals surface area (Å²) in [5.74, 6) is -1.88. The van der Waals surface area contributed by atoms with Crippen LogP contribution in [0.1, 0.15) is 46.0 Å². The maximum absolute atomic E-state index is 13.4. The number of hydrogen-bond donors (Lipinski definition) is 5. The maximum atomic E-state index is 13.4. The van der Waals surface area contributed by atoms with Crippen molar-refractivity contribution in [3.8, 4) is 0 Å². The van der Waals surface area contributed by atoms with Crippen molar-refractivity contribution in [2.45, 2.75) is 64.3 Å². The van der Waals surface area contributed by atoms with Gasteiger partial charge in [0.05, 0.1) is 36.9 Å². The smallest absolute Gasteiger partial charge is 0.150 e. The van der Waals surface area contributed by atoms with Crippen LogP contribution in [0.5, 0.6) is 0 Å². The third-order valence-corrected chi connectivity index (χ3v) is 8.94. The molecule has 1 unspecified atom stereocenters. The molecule has 0 amide bonds. The first kappa shape index (κ1) is 18.8. The molecular weight excluding hydrogens is 336 g/mol. The van der Waals surface area contributed by atoms with Gasteiger partial charge in [-0.2, -0.15) is 0 Å². The lowest BCUT2D eigenvalue weighted by atomic mass is 9.38. The molecule has 148 valence electrons. The molecule has 0 aromatic heterocycles. The molecule has 4 aliphatic rings. The zero-order valence-electron chi connectivity index (χ0n) is 15.6. The van der Waals surface area contributed by atoms with Gasteiger partial charge in [0.15, 0.2) is 0 Å². The number of hydrogen-bond acceptors (Lipinski definition) is 6. The number of Topliss-reactive ketones (excluding diaryl/α,β-unsaturated/α-hetero) is 1. The quantitative estimate of drug-likeness (QED) is 0.471. The van der Waals surface area contributed by atoms with Crippen LogP contribution in [0.2, 0.25) is 0 Å². The zero-order chi connectivity index (χ0) is 19.1. The van der Waals surface area contributed by atoms with Crippen LogP contribution < -0.4 is 0 Å². The van der Waals surface area contributed by atoms with E-state index in [2.05, 4.69) is 13.8 Å². The fourth-order valence-electron chi connectivity index (χ4n) is 7.76. The second kappa shape index (κ2) is 5.74. The number of aliphatic hydroxyl groups is 5. The Balaban J connectivity index is 1.91. The third kappa shape index (κ3) is 1.88. The Bertz CT molecular complexity index is 605. The van der Waals surface area contributed by atoms with Gasteiger partial charge in [-0.05, 0) is 55.3 Å². The summed E-state index contributed by atoms with van der Waals surface area (Å²) < 4.78 is 0. The molecular formula is C20H32O6. The molecule has 9 atom stereocenters. The highest BCUT2D eigenvalue weighted by Gasteiger charge is 2.77. The first-order valence-electron chi connectivity index (χ1n) is 9.99. The SMILES string of the molecule is CC1(C)CC[C@H](O)[C@]2(CO)[C@@H]1C[C@@H](O)[C@]13C(=O)[C@@H](CO)[C@H](CC[C@H]12)C3O. The fraction of sp³-hybridized carbons (Fsp3) is 0.950. The lowest BCUT2D eigenvalue weighted by Crippen LogP contribution is -2.71. The molecule has 0 heterocycles. The molecule has 6 heteroatoms. The van der Waals surface area contributed by atoms with Crippen LogP contribution in [-0.4, -0.2) is 62.8 Å². The summed E-state index contributed by atoms with van der Waals surface area (Å²) in [6.45, 7) is 3.63. The second-order valence-corrected chi connectivity index (χ2v) is 9.94. The number of rotatable bonds is 2. The van der Waals surface area contributed by atoms with E-state index >= 15 is 0 Å². The summed E-state index contributed by atoms with van der Waals surface area (Å²) in [5, 5.41) is 53.6. The normalized spacial score (nSPS) is 55.3. The first-order chi connectivity index (χ1) is 12.2. The Morgan fingerprint density at radius 2 is 1.69 bits per heavy atom. The largest absolute Gasteiger partial charge is 0.396 e. The van der Waals surface area contributed by atoms with E-state index in [0.717, 1.165) is 6.42 Å². The molecule has 5 N–H and O–H groups in total. The highest BCUT2D eigenvalue weighted by atomic mass is 16.3. The highest BCUT2D eigenvalue weighted by molar-refractivity contribution is 5.92. The minimum absolute atomic E-state index is 0.126. The number of ketones is 1. The summed E-state index contributed by atoms with van der Waals surface area (Å²) in [4.78, 5) is 13.4. The molecule has 6 nitrogen and oxygen atoms in total. The summed E-state index contributed by atoms with van der Waals surface area (Å²) in [6.07, 6.45) is -0.0236. The molecule has 4 saturated carbocycles. The Labute approximate surface area is 154 Å². The van der Waals surface area contributed by atoms with Crippen molar-refractivity contribution >= 4 is 5.78 Å². The van der Waals surface area contributed by atoms with Crippen LogP contribution in [-0.2, 0) is 4.79 Å². The molecule has 0 radical (unpaired) electrons. The summed E-state index contributed by atoms with van der Waals surface area (Å²) in [7, 11) is 0. The average Bonchev–Trinajstić information content (AvgIpc) is 2.72. The van der Waals surface area contributed by atoms with Gasteiger partial charge in [0, 0.05) is 11.3 Å². The van der Waals surface area contributed by atoms with Gasteiger partial charge in [-0.3, -0.25) is 4.79 Å². The van der Waals surface area contributed by atoms with Crippen molar-refractivity contribution in [3.63, 3.8) is 0 Å². The average molecular weight is 368 g/mol. The number of carbonyl (C=O) groups is 1. The van der Waals surface area contributed by atoms with E-state index in [9.17, 15) is 30.3 Å². The Kier molecular flexibility index (Phi) is 4.15. The monoisotopic (exact) mass is 368 g/mol. The van der Waals surface area contributed by atoms with Crippen LogP contribution in [0.25, 0.3) is 0 Å². The van der Waals surface area contributed by atoms with Crippen LogP contribution in [0.15, 0.2) is 0 Å². The molecule has 0 aromatic rings. The van der Waals surface area contributed by atoms with Crippen molar-refractivity contribution in [1.82, 2.24) is 0 Å². The minimum atomic E-state index is -1.37. The zero-order valence-corrected chi connectivity index (χ0v) is 15.6. The van der Waals surface area contributed by atoms with Crippen molar-refractivity contribution in [2.24, 2.45) is 39.9 Å². The Morgan fingerprint density at radius 3 is 2.31 bits per heavy atom. The van der Waals surface area contributed by atoms with Gasteiger partial charge in [-0.25, -0.2) is 0 Å². The molecule has 0 aliphatic heterocycles. The van der Waals surface area contributed by atoms with Gasteiger partial charge >= 0.3 is 0 Å². The summed E-state index contributed by atoms with van der Waals surface area (Å²) in [5.41, 5.74) is -2.44. The summed E-state index contributed by atoms with van der Waals surface area (Å²) in [6, 6.07) is 0. The molecule has 0 saturated heterocycles. The van der Waals surface area contributed by atoms with Gasteiger partial charge in [-0.15, -0.1) is 0 Å². The van der Waals surface area contributed by atoms with E-state index in [4.69, 9.17) is 0 Å². The van der Waals surface area contributed by atoms with E-state index in [-0.39, 0.29) is 42.7 Å². The van der Waals surface area contributed by atoms with Gasteiger partial charge < -0.3 is 25.5 Å². The fourth-order valence-corrected chi connectivity index (χ4v) is 7.76. The van der Waals surface area contributed by atoms with E-state index < -0.39 is 41.0 Å². The number of aliphatic hydroxyl groups excluding tert-OH is 5. The van der Waals surface area contributed by atoms with Crippen molar-refractivity contribution in [1.29, 1.82) is 0 Å². The topological polar surface area (TPSA) is 118 Å². The molecule has 1 spiro atoms. The van der Waals surface area contributed by atoms with Crippen molar-refractivity contribution in [3.05, 3.63) is 0 Å². The number of fused-ring (bicyclic) bond motifs is 3. The van der Waals surface area contributed by atoms with Crippen molar-refractivity contribution < 1.29 is 30.3 Å². The second-order valence-electron chi connectivity index (χ2n) is 9.94. The molecule has 2 bridgehead atoms. The maximum Gasteiger partial charge on any atom is 0.150 e. The lowest BCUT2D eigenvalue weighted by molar-refractivity contribution is -0.267. The van der Waals surface area contributed by atoms with Crippen LogP contribution in [0, 0.1) is 39.9 Å². The van der Waals surface area contributed by atoms with E-state index in [0.29, 0.717) is 19.3 Å². The van der Waals surface area contributed by atoms with Crippen LogP contribution >= 0.6 is 0 Å². The number of carbonyl (C=O) groups excluding carboxylic acids is 1. The van der Waals surface area contributed by atoms with Gasteiger partial charge in [-0.1, -0.05) is 13.8 Å². The Hall–Kier alpha value is -0.530. The predicted octanol–water partition coefficient (Wildman–Crippen LogP) is 0.0915. The van der Waals surface area contributed by atoms with Gasteiger partial charge in [0.2, 0.25) is 0 Å². The molecule has 4 fully saturated rings. The predicted molar refractivity (Wildman–Crippen MR) is 92.9 cm³/mol.